The molecule has 1 aromatic carbocycles. The average molecular weight is 470 g/mol. The molecular weight excluding hydrogens is 446 g/mol. The SMILES string of the molecule is CC(Cc1nncn1C)c1cccc(NC(=O)c2cc(C(=O)N3CC(O)C(F)(F)C3)ccn2)c1. The molecule has 9 nitrogen and oxygen atoms in total. The summed E-state index contributed by atoms with van der Waals surface area (Å²) in [4.78, 5) is 30.2. The molecule has 178 valence electrons. The Kier molecular flexibility index (Phi) is 6.38. The minimum atomic E-state index is -3.36. The number of aliphatic hydroxyl groups excluding tert-OH is 1. The molecule has 2 aromatic heterocycles. The summed E-state index contributed by atoms with van der Waals surface area (Å²) in [6, 6.07) is 9.96. The number of hydrogen-bond donors (Lipinski definition) is 2. The minimum Gasteiger partial charge on any atom is -0.385 e. The number of halogens is 2. The third kappa shape index (κ3) is 4.93. The summed E-state index contributed by atoms with van der Waals surface area (Å²) in [5, 5.41) is 20.2. The standard InChI is InChI=1S/C23H24F2N6O3/c1-14(8-20-29-27-13-30(20)2)15-4-3-5-17(9-15)28-21(33)18-10-16(6-7-26-18)22(34)31-11-19(32)23(24,25)12-31/h3-7,9-10,13-14,19,32H,8,11-12H2,1-2H3,(H,28,33). The van der Waals surface area contributed by atoms with E-state index >= 15 is 0 Å². The van der Waals surface area contributed by atoms with Gasteiger partial charge >= 0.3 is 0 Å². The average Bonchev–Trinajstić information content (AvgIpc) is 3.34. The van der Waals surface area contributed by atoms with Crippen molar-refractivity contribution in [2.75, 3.05) is 18.4 Å². The van der Waals surface area contributed by atoms with Crippen molar-refractivity contribution in [1.82, 2.24) is 24.6 Å². The van der Waals surface area contributed by atoms with E-state index in [1.54, 1.807) is 12.4 Å². The number of nitrogens with one attached hydrogen (secondary N) is 1. The predicted octanol–water partition coefficient (Wildman–Crippen LogP) is 2.26. The lowest BCUT2D eigenvalue weighted by Gasteiger charge is -2.16. The molecule has 0 saturated carbocycles. The zero-order valence-corrected chi connectivity index (χ0v) is 18.7. The van der Waals surface area contributed by atoms with Crippen molar-refractivity contribution in [2.45, 2.75) is 31.3 Å². The molecule has 2 atom stereocenters. The van der Waals surface area contributed by atoms with Crippen LogP contribution in [0.25, 0.3) is 0 Å². The summed E-state index contributed by atoms with van der Waals surface area (Å²) in [7, 11) is 1.88. The molecule has 1 saturated heterocycles. The lowest BCUT2D eigenvalue weighted by Crippen LogP contribution is -2.32. The number of alkyl halides is 2. The number of pyridine rings is 1. The van der Waals surface area contributed by atoms with Gasteiger partial charge in [-0.1, -0.05) is 19.1 Å². The molecule has 2 amide bonds. The molecule has 0 spiro atoms. The summed E-state index contributed by atoms with van der Waals surface area (Å²) in [6.45, 7) is 0.691. The maximum Gasteiger partial charge on any atom is 0.292 e. The number of nitrogens with zero attached hydrogens (tertiary/aromatic N) is 5. The molecule has 34 heavy (non-hydrogen) atoms. The van der Waals surface area contributed by atoms with E-state index in [9.17, 15) is 23.5 Å². The first-order valence-corrected chi connectivity index (χ1v) is 10.7. The van der Waals surface area contributed by atoms with Gasteiger partial charge in [0.25, 0.3) is 17.7 Å². The number of amides is 2. The molecule has 3 aromatic rings. The maximum absolute atomic E-state index is 13.6. The Bertz CT molecular complexity index is 1210. The van der Waals surface area contributed by atoms with Crippen molar-refractivity contribution in [3.05, 3.63) is 71.6 Å². The van der Waals surface area contributed by atoms with Gasteiger partial charge in [-0.05, 0) is 35.7 Å². The lowest BCUT2D eigenvalue weighted by molar-refractivity contribution is -0.0727. The molecule has 1 aliphatic rings. The molecular formula is C23H24F2N6O3. The summed E-state index contributed by atoms with van der Waals surface area (Å²) in [5.74, 6) is -3.65. The van der Waals surface area contributed by atoms with Crippen molar-refractivity contribution in [3.63, 3.8) is 0 Å². The van der Waals surface area contributed by atoms with Crippen molar-refractivity contribution in [2.24, 2.45) is 7.05 Å². The molecule has 2 N–H and O–H groups in total. The van der Waals surface area contributed by atoms with Crippen LogP contribution in [-0.2, 0) is 13.5 Å². The number of aliphatic hydroxyl groups is 1. The summed E-state index contributed by atoms with van der Waals surface area (Å²) in [5.41, 5.74) is 1.55. The van der Waals surface area contributed by atoms with Gasteiger partial charge in [0.15, 0.2) is 0 Å². The van der Waals surface area contributed by atoms with E-state index in [1.165, 1.54) is 18.3 Å². The van der Waals surface area contributed by atoms with Gasteiger partial charge in [0, 0.05) is 30.9 Å². The van der Waals surface area contributed by atoms with Crippen LogP contribution < -0.4 is 5.32 Å². The van der Waals surface area contributed by atoms with Crippen molar-refractivity contribution in [1.29, 1.82) is 0 Å². The fourth-order valence-electron chi connectivity index (χ4n) is 3.79. The zero-order chi connectivity index (χ0) is 24.5. The smallest absolute Gasteiger partial charge is 0.292 e. The van der Waals surface area contributed by atoms with Crippen LogP contribution in [0.2, 0.25) is 0 Å². The second-order valence-corrected chi connectivity index (χ2v) is 8.44. The Labute approximate surface area is 194 Å². The largest absolute Gasteiger partial charge is 0.385 e. The molecule has 2 unspecified atom stereocenters. The molecule has 1 aliphatic heterocycles. The van der Waals surface area contributed by atoms with Crippen molar-refractivity contribution < 1.29 is 23.5 Å². The number of rotatable bonds is 6. The maximum atomic E-state index is 13.6. The van der Waals surface area contributed by atoms with Gasteiger partial charge in [-0.15, -0.1) is 10.2 Å². The van der Waals surface area contributed by atoms with Gasteiger partial charge in [-0.25, -0.2) is 8.78 Å². The molecule has 4 rings (SSSR count). The number of likely N-dealkylation sites (tertiary alicyclic amines) is 1. The van der Waals surface area contributed by atoms with E-state index in [4.69, 9.17) is 0 Å². The Hall–Kier alpha value is -3.73. The van der Waals surface area contributed by atoms with Crippen LogP contribution >= 0.6 is 0 Å². The fraction of sp³-hybridized carbons (Fsp3) is 0.348. The highest BCUT2D eigenvalue weighted by molar-refractivity contribution is 6.04. The van der Waals surface area contributed by atoms with Gasteiger partial charge in [0.1, 0.15) is 23.9 Å². The van der Waals surface area contributed by atoms with Gasteiger partial charge in [0.05, 0.1) is 13.1 Å². The highest BCUT2D eigenvalue weighted by atomic mass is 19.3. The first-order valence-electron chi connectivity index (χ1n) is 10.7. The topological polar surface area (TPSA) is 113 Å². The zero-order valence-electron chi connectivity index (χ0n) is 18.7. The van der Waals surface area contributed by atoms with Crippen LogP contribution in [0, 0.1) is 0 Å². The number of carbonyl (C=O) groups is 2. The second kappa shape index (κ2) is 9.26. The third-order valence-electron chi connectivity index (χ3n) is 5.82. The Morgan fingerprint density at radius 3 is 2.76 bits per heavy atom. The first-order chi connectivity index (χ1) is 16.1. The van der Waals surface area contributed by atoms with E-state index in [2.05, 4.69) is 20.5 Å². The first kappa shape index (κ1) is 23.4. The highest BCUT2D eigenvalue weighted by Gasteiger charge is 2.48. The Balaban J connectivity index is 1.45. The number of aryl methyl sites for hydroxylation is 1. The third-order valence-corrected chi connectivity index (χ3v) is 5.82. The number of hydrogen-bond acceptors (Lipinski definition) is 6. The lowest BCUT2D eigenvalue weighted by atomic mass is 9.97. The molecule has 3 heterocycles. The van der Waals surface area contributed by atoms with Crippen LogP contribution in [0.4, 0.5) is 14.5 Å². The fourth-order valence-corrected chi connectivity index (χ4v) is 3.79. The number of anilines is 1. The van der Waals surface area contributed by atoms with Gasteiger partial charge in [-0.2, -0.15) is 0 Å². The van der Waals surface area contributed by atoms with Gasteiger partial charge in [0.2, 0.25) is 0 Å². The number of benzene rings is 1. The van der Waals surface area contributed by atoms with Crippen molar-refractivity contribution in [3.8, 4) is 0 Å². The van der Waals surface area contributed by atoms with Crippen LogP contribution in [0.1, 0.15) is 45.1 Å². The summed E-state index contributed by atoms with van der Waals surface area (Å²) < 4.78 is 29.1. The van der Waals surface area contributed by atoms with E-state index < -0.39 is 36.9 Å². The molecule has 0 bridgehead atoms. The summed E-state index contributed by atoms with van der Waals surface area (Å²) in [6.07, 6.45) is 1.67. The number of aromatic nitrogens is 4. The van der Waals surface area contributed by atoms with E-state index in [1.807, 2.05) is 36.7 Å². The van der Waals surface area contributed by atoms with Crippen LogP contribution in [0.3, 0.4) is 0 Å². The monoisotopic (exact) mass is 470 g/mol. The normalized spacial score (nSPS) is 18.0. The summed E-state index contributed by atoms with van der Waals surface area (Å²) >= 11 is 0. The van der Waals surface area contributed by atoms with E-state index in [-0.39, 0.29) is 17.2 Å². The molecule has 0 radical (unpaired) electrons. The molecule has 1 fully saturated rings. The van der Waals surface area contributed by atoms with Gasteiger partial charge in [-0.3, -0.25) is 14.6 Å². The van der Waals surface area contributed by atoms with Crippen molar-refractivity contribution >= 4 is 17.5 Å². The van der Waals surface area contributed by atoms with Crippen LogP contribution in [0.15, 0.2) is 48.9 Å². The number of carbonyl (C=O) groups excluding carboxylic acids is 2. The van der Waals surface area contributed by atoms with Gasteiger partial charge < -0.3 is 19.9 Å². The Morgan fingerprint density at radius 1 is 1.29 bits per heavy atom. The van der Waals surface area contributed by atoms with Crippen LogP contribution in [0.5, 0.6) is 0 Å². The van der Waals surface area contributed by atoms with E-state index in [0.717, 1.165) is 16.3 Å². The second-order valence-electron chi connectivity index (χ2n) is 8.44. The molecule has 0 aliphatic carbocycles. The minimum absolute atomic E-state index is 0.0325. The molecule has 11 heteroatoms. The van der Waals surface area contributed by atoms with Crippen LogP contribution in [-0.4, -0.2) is 66.7 Å². The van der Waals surface area contributed by atoms with E-state index in [0.29, 0.717) is 12.1 Å². The quantitative estimate of drug-likeness (QED) is 0.572. The highest BCUT2D eigenvalue weighted by Crippen LogP contribution is 2.28. The predicted molar refractivity (Wildman–Crippen MR) is 119 cm³/mol. The Morgan fingerprint density at radius 2 is 2.09 bits per heavy atom. The number of β-amino-alcohol motifs (C(OH)–C–C–N with tert-alkyl or cyclic N) is 1.